The number of pyridine rings is 1. The lowest BCUT2D eigenvalue weighted by Gasteiger charge is -2.33. The average Bonchev–Trinajstić information content (AvgIpc) is 2.46. The summed E-state index contributed by atoms with van der Waals surface area (Å²) in [5.41, 5.74) is 2.66. The van der Waals surface area contributed by atoms with E-state index >= 15 is 0 Å². The van der Waals surface area contributed by atoms with Crippen molar-refractivity contribution in [2.75, 3.05) is 6.54 Å². The second kappa shape index (κ2) is 5.82. The Bertz CT molecular complexity index is 723. The number of para-hydroxylation sites is 1. The number of aryl methyl sites for hydroxylation is 1. The molecule has 0 spiro atoms. The Morgan fingerprint density at radius 2 is 2.19 bits per heavy atom. The molecule has 3 rings (SSSR count). The van der Waals surface area contributed by atoms with Crippen molar-refractivity contribution in [3.8, 4) is 0 Å². The van der Waals surface area contributed by atoms with Gasteiger partial charge in [0, 0.05) is 29.2 Å². The van der Waals surface area contributed by atoms with Crippen molar-refractivity contribution in [1.29, 1.82) is 0 Å². The van der Waals surface area contributed by atoms with Crippen LogP contribution in [0.25, 0.3) is 10.9 Å². The summed E-state index contributed by atoms with van der Waals surface area (Å²) in [5.74, 6) is 0. The number of hydrogen-bond acceptors (Lipinski definition) is 2. The molecule has 0 unspecified atom stereocenters. The van der Waals surface area contributed by atoms with E-state index in [-0.39, 0.29) is 5.43 Å². The monoisotopic (exact) mass is 304 g/mol. The lowest BCUT2D eigenvalue weighted by molar-refractivity contribution is 0.152. The number of aromatic nitrogens is 1. The van der Waals surface area contributed by atoms with Crippen molar-refractivity contribution in [2.45, 2.75) is 45.7 Å². The molecule has 0 amide bonds. The van der Waals surface area contributed by atoms with Crippen molar-refractivity contribution in [3.63, 3.8) is 0 Å². The van der Waals surface area contributed by atoms with Crippen molar-refractivity contribution in [1.82, 2.24) is 9.88 Å². The normalized spacial score (nSPS) is 20.0. The number of hydrogen-bond donors (Lipinski definition) is 1. The van der Waals surface area contributed by atoms with Crippen LogP contribution in [0.2, 0.25) is 5.02 Å². The molecule has 1 aliphatic rings. The smallest absolute Gasteiger partial charge is 0.194 e. The molecule has 21 heavy (non-hydrogen) atoms. The molecule has 1 N–H and O–H groups in total. The quantitative estimate of drug-likeness (QED) is 0.914. The fraction of sp³-hybridized carbons (Fsp3) is 0.471. The number of nitrogens with one attached hydrogen (secondary N) is 1. The van der Waals surface area contributed by atoms with E-state index < -0.39 is 0 Å². The number of halogens is 1. The maximum Gasteiger partial charge on any atom is 0.194 e. The maximum atomic E-state index is 12.8. The Hall–Kier alpha value is -1.32. The van der Waals surface area contributed by atoms with E-state index in [1.807, 2.05) is 25.1 Å². The molecule has 4 heteroatoms. The summed E-state index contributed by atoms with van der Waals surface area (Å²) in [4.78, 5) is 18.5. The molecule has 112 valence electrons. The van der Waals surface area contributed by atoms with Crippen LogP contribution in [0, 0.1) is 6.92 Å². The predicted octanol–water partition coefficient (Wildman–Crippen LogP) is 3.86. The van der Waals surface area contributed by atoms with E-state index in [0.29, 0.717) is 16.5 Å². The van der Waals surface area contributed by atoms with Crippen LogP contribution in [0.4, 0.5) is 0 Å². The van der Waals surface area contributed by atoms with Crippen molar-refractivity contribution in [3.05, 3.63) is 44.7 Å². The topological polar surface area (TPSA) is 36.1 Å². The third-order valence-corrected chi connectivity index (χ3v) is 4.91. The van der Waals surface area contributed by atoms with Gasteiger partial charge in [-0.15, -0.1) is 0 Å². The molecular weight excluding hydrogens is 284 g/mol. The number of likely N-dealkylation sites (tertiary alicyclic amines) is 1. The van der Waals surface area contributed by atoms with Crippen LogP contribution < -0.4 is 5.43 Å². The zero-order chi connectivity index (χ0) is 15.0. The molecule has 1 aromatic carbocycles. The summed E-state index contributed by atoms with van der Waals surface area (Å²) in [5, 5.41) is 1.29. The minimum Gasteiger partial charge on any atom is -0.357 e. The summed E-state index contributed by atoms with van der Waals surface area (Å²) in [6.45, 7) is 6.02. The number of nitrogens with zero attached hydrogens (tertiary/aromatic N) is 1. The Kier molecular flexibility index (Phi) is 4.05. The first-order valence-electron chi connectivity index (χ1n) is 7.62. The molecule has 3 nitrogen and oxygen atoms in total. The molecule has 2 aromatic rings. The van der Waals surface area contributed by atoms with Crippen LogP contribution in [0.1, 0.15) is 37.4 Å². The second-order valence-corrected chi connectivity index (χ2v) is 6.44. The SMILES string of the molecule is Cc1[nH]c2c(Cl)cccc2c(=O)c1CN1CCCC[C@H]1C. The second-order valence-electron chi connectivity index (χ2n) is 6.04. The van der Waals surface area contributed by atoms with E-state index in [1.165, 1.54) is 19.3 Å². The van der Waals surface area contributed by atoms with Crippen LogP contribution in [-0.2, 0) is 6.54 Å². The molecule has 1 saturated heterocycles. The first kappa shape index (κ1) is 14.6. The highest BCUT2D eigenvalue weighted by Gasteiger charge is 2.21. The highest BCUT2D eigenvalue weighted by molar-refractivity contribution is 6.35. The fourth-order valence-electron chi connectivity index (χ4n) is 3.22. The summed E-state index contributed by atoms with van der Waals surface area (Å²) in [7, 11) is 0. The van der Waals surface area contributed by atoms with Gasteiger partial charge in [0.1, 0.15) is 0 Å². The van der Waals surface area contributed by atoms with Crippen LogP contribution in [-0.4, -0.2) is 22.5 Å². The van der Waals surface area contributed by atoms with Gasteiger partial charge < -0.3 is 4.98 Å². The minimum atomic E-state index is 0.113. The van der Waals surface area contributed by atoms with Gasteiger partial charge in [0.05, 0.1) is 10.5 Å². The van der Waals surface area contributed by atoms with Gasteiger partial charge >= 0.3 is 0 Å². The summed E-state index contributed by atoms with van der Waals surface area (Å²) < 4.78 is 0. The van der Waals surface area contributed by atoms with Gasteiger partial charge in [0.25, 0.3) is 0 Å². The third-order valence-electron chi connectivity index (χ3n) is 4.60. The summed E-state index contributed by atoms with van der Waals surface area (Å²) in [6, 6.07) is 6.05. The molecule has 0 bridgehead atoms. The summed E-state index contributed by atoms with van der Waals surface area (Å²) in [6.07, 6.45) is 3.73. The van der Waals surface area contributed by atoms with Crippen LogP contribution in [0.15, 0.2) is 23.0 Å². The van der Waals surface area contributed by atoms with E-state index in [2.05, 4.69) is 16.8 Å². The predicted molar refractivity (Wildman–Crippen MR) is 88.0 cm³/mol. The molecule has 0 aliphatic carbocycles. The first-order chi connectivity index (χ1) is 10.1. The van der Waals surface area contributed by atoms with Crippen LogP contribution in [0.3, 0.4) is 0 Å². The summed E-state index contributed by atoms with van der Waals surface area (Å²) >= 11 is 6.19. The Balaban J connectivity index is 2.04. The molecule has 1 fully saturated rings. The highest BCUT2D eigenvalue weighted by atomic mass is 35.5. The molecule has 1 aromatic heterocycles. The molecular formula is C17H21ClN2O. The van der Waals surface area contributed by atoms with Gasteiger partial charge in [0.2, 0.25) is 0 Å². The van der Waals surface area contributed by atoms with Crippen LogP contribution >= 0.6 is 11.6 Å². The zero-order valence-electron chi connectivity index (χ0n) is 12.6. The average molecular weight is 305 g/mol. The maximum absolute atomic E-state index is 12.8. The van der Waals surface area contributed by atoms with E-state index in [4.69, 9.17) is 11.6 Å². The van der Waals surface area contributed by atoms with E-state index in [0.717, 1.165) is 29.9 Å². The first-order valence-corrected chi connectivity index (χ1v) is 7.99. The van der Waals surface area contributed by atoms with Gasteiger partial charge in [-0.1, -0.05) is 24.1 Å². The number of aromatic amines is 1. The number of piperidine rings is 1. The fourth-order valence-corrected chi connectivity index (χ4v) is 3.44. The lowest BCUT2D eigenvalue weighted by atomic mass is 10.0. The van der Waals surface area contributed by atoms with E-state index in [9.17, 15) is 4.79 Å². The van der Waals surface area contributed by atoms with Gasteiger partial charge in [0.15, 0.2) is 5.43 Å². The largest absolute Gasteiger partial charge is 0.357 e. The Labute approximate surface area is 129 Å². The van der Waals surface area contributed by atoms with Crippen molar-refractivity contribution < 1.29 is 0 Å². The van der Waals surface area contributed by atoms with Crippen molar-refractivity contribution >= 4 is 22.5 Å². The molecule has 0 radical (unpaired) electrons. The van der Waals surface area contributed by atoms with E-state index in [1.54, 1.807) is 0 Å². The van der Waals surface area contributed by atoms with Gasteiger partial charge in [-0.25, -0.2) is 0 Å². The van der Waals surface area contributed by atoms with Crippen LogP contribution in [0.5, 0.6) is 0 Å². The van der Waals surface area contributed by atoms with Gasteiger partial charge in [-0.05, 0) is 45.4 Å². The highest BCUT2D eigenvalue weighted by Crippen LogP contribution is 2.23. The lowest BCUT2D eigenvalue weighted by Crippen LogP contribution is -2.38. The number of benzene rings is 1. The van der Waals surface area contributed by atoms with Gasteiger partial charge in [-0.2, -0.15) is 0 Å². The Morgan fingerprint density at radius 3 is 2.95 bits per heavy atom. The molecule has 1 atom stereocenters. The standard InChI is InChI=1S/C17H21ClN2O/c1-11-6-3-4-9-20(11)10-14-12(2)19-16-13(17(14)21)7-5-8-15(16)18/h5,7-8,11H,3-4,6,9-10H2,1-2H3,(H,19,21)/t11-/m1/s1. The Morgan fingerprint density at radius 1 is 1.38 bits per heavy atom. The third kappa shape index (κ3) is 2.72. The van der Waals surface area contributed by atoms with Crippen molar-refractivity contribution in [2.24, 2.45) is 0 Å². The number of H-pyrrole nitrogens is 1. The molecule has 1 aliphatic heterocycles. The molecule has 2 heterocycles. The van der Waals surface area contributed by atoms with Gasteiger partial charge in [-0.3, -0.25) is 9.69 Å². The zero-order valence-corrected chi connectivity index (χ0v) is 13.3. The minimum absolute atomic E-state index is 0.113. The molecule has 0 saturated carbocycles. The number of fused-ring (bicyclic) bond motifs is 1. The number of rotatable bonds is 2.